The number of unbranched alkanes of at least 4 members (excludes halogenated alkanes) is 5. The third kappa shape index (κ3) is 12.5. The summed E-state index contributed by atoms with van der Waals surface area (Å²) < 4.78 is 5.23. The van der Waals surface area contributed by atoms with Gasteiger partial charge in [0.2, 0.25) is 17.7 Å². The van der Waals surface area contributed by atoms with Gasteiger partial charge in [0.1, 0.15) is 17.7 Å². The van der Waals surface area contributed by atoms with Crippen LogP contribution in [0.25, 0.3) is 10.4 Å². The summed E-state index contributed by atoms with van der Waals surface area (Å²) in [5.74, 6) is -0.902. The Balaban J connectivity index is 1.44. The van der Waals surface area contributed by atoms with Crippen molar-refractivity contribution in [3.8, 4) is 10.4 Å². The van der Waals surface area contributed by atoms with Crippen molar-refractivity contribution in [2.75, 3.05) is 13.1 Å². The number of rotatable bonds is 15. The number of aliphatic hydroxyl groups is 1. The molecule has 2 heterocycles. The number of β-amino-alcohol motifs (C(OH)–C–C–N with tert-alkyl or cyclic N) is 1. The number of thiazole rings is 1. The molecule has 1 fully saturated rings. The smallest absolute Gasteiger partial charge is 0.407 e. The topological polar surface area (TPSA) is 150 Å². The van der Waals surface area contributed by atoms with Crippen molar-refractivity contribution < 1.29 is 29.0 Å². The number of hydrogen-bond acceptors (Lipinski definition) is 8. The van der Waals surface area contributed by atoms with Crippen molar-refractivity contribution in [2.24, 2.45) is 5.41 Å². The lowest BCUT2D eigenvalue weighted by Crippen LogP contribution is -2.57. The fourth-order valence-corrected chi connectivity index (χ4v) is 6.45. The van der Waals surface area contributed by atoms with E-state index in [4.69, 9.17) is 4.74 Å². The number of amides is 4. The van der Waals surface area contributed by atoms with Crippen LogP contribution in [-0.2, 0) is 25.7 Å². The number of alkyl carbamates (subject to hydrolysis) is 1. The predicted octanol–water partition coefficient (Wildman–Crippen LogP) is 5.48. The van der Waals surface area contributed by atoms with Gasteiger partial charge in [0, 0.05) is 32.5 Å². The largest absolute Gasteiger partial charge is 0.444 e. The number of ether oxygens (including phenoxy) is 1. The summed E-state index contributed by atoms with van der Waals surface area (Å²) in [6.45, 7) is 14.0. The van der Waals surface area contributed by atoms with Crippen LogP contribution >= 0.6 is 11.3 Å². The lowest BCUT2D eigenvalue weighted by Gasteiger charge is -2.35. The summed E-state index contributed by atoms with van der Waals surface area (Å²) in [5.41, 5.74) is 3.67. The first-order valence-corrected chi connectivity index (χ1v) is 17.9. The van der Waals surface area contributed by atoms with E-state index in [1.807, 2.05) is 78.2 Å². The number of nitrogens with zero attached hydrogens (tertiary/aromatic N) is 2. The number of carbonyl (C=O) groups excluding carboxylic acids is 4. The van der Waals surface area contributed by atoms with Gasteiger partial charge in [-0.3, -0.25) is 14.4 Å². The maximum absolute atomic E-state index is 13.8. The average Bonchev–Trinajstić information content (AvgIpc) is 3.61. The zero-order chi connectivity index (χ0) is 35.5. The van der Waals surface area contributed by atoms with Crippen LogP contribution in [0.4, 0.5) is 4.79 Å². The average molecular weight is 686 g/mol. The second kappa shape index (κ2) is 17.8. The first-order valence-electron chi connectivity index (χ1n) is 17.1. The molecule has 11 nitrogen and oxygen atoms in total. The molecule has 4 N–H and O–H groups in total. The molecule has 0 spiro atoms. The van der Waals surface area contributed by atoms with E-state index in [1.54, 1.807) is 11.3 Å². The number of likely N-dealkylation sites (tertiary alicyclic amines) is 1. The van der Waals surface area contributed by atoms with E-state index in [9.17, 15) is 24.3 Å². The molecular weight excluding hydrogens is 630 g/mol. The fourth-order valence-electron chi connectivity index (χ4n) is 5.64. The predicted molar refractivity (Wildman–Crippen MR) is 188 cm³/mol. The SMILES string of the molecule is Cc1ncsc1-c1ccc(CNC(=O)[C@@H]2C[C@@H](O)CN2C(=O)[C@@H](NC(=O)CCCCCCCCNC(=O)OC(C)(C)C)C(C)(C)C)cc1. The summed E-state index contributed by atoms with van der Waals surface area (Å²) in [5, 5.41) is 19.1. The number of aromatic nitrogens is 1. The summed E-state index contributed by atoms with van der Waals surface area (Å²) in [6, 6.07) is 6.25. The van der Waals surface area contributed by atoms with Gasteiger partial charge in [-0.1, -0.05) is 70.7 Å². The van der Waals surface area contributed by atoms with Gasteiger partial charge in [-0.05, 0) is 57.1 Å². The molecule has 1 saturated heterocycles. The Bertz CT molecular complexity index is 1360. The number of aryl methyl sites for hydroxylation is 1. The Morgan fingerprint density at radius 1 is 0.979 bits per heavy atom. The van der Waals surface area contributed by atoms with Crippen LogP contribution in [0.5, 0.6) is 0 Å². The molecule has 48 heavy (non-hydrogen) atoms. The molecule has 0 aliphatic carbocycles. The van der Waals surface area contributed by atoms with Crippen LogP contribution in [0.2, 0.25) is 0 Å². The monoisotopic (exact) mass is 685 g/mol. The fraction of sp³-hybridized carbons (Fsp3) is 0.639. The summed E-state index contributed by atoms with van der Waals surface area (Å²) in [4.78, 5) is 58.6. The van der Waals surface area contributed by atoms with Crippen molar-refractivity contribution in [3.63, 3.8) is 0 Å². The molecule has 12 heteroatoms. The minimum atomic E-state index is -0.842. The number of aliphatic hydroxyl groups excluding tert-OH is 1. The van der Waals surface area contributed by atoms with Crippen molar-refractivity contribution in [2.45, 2.75) is 130 Å². The minimum Gasteiger partial charge on any atom is -0.444 e. The molecule has 266 valence electrons. The van der Waals surface area contributed by atoms with Crippen molar-refractivity contribution >= 4 is 35.2 Å². The summed E-state index contributed by atoms with van der Waals surface area (Å²) in [6.07, 6.45) is 4.60. The Labute approximate surface area is 289 Å². The van der Waals surface area contributed by atoms with Gasteiger partial charge in [0.05, 0.1) is 22.2 Å². The molecule has 3 atom stereocenters. The van der Waals surface area contributed by atoms with E-state index in [0.29, 0.717) is 19.4 Å². The van der Waals surface area contributed by atoms with Crippen LogP contribution in [0.15, 0.2) is 29.8 Å². The molecule has 1 aromatic heterocycles. The van der Waals surface area contributed by atoms with Crippen LogP contribution in [0, 0.1) is 12.3 Å². The third-order valence-electron chi connectivity index (χ3n) is 8.21. The second-order valence-electron chi connectivity index (χ2n) is 14.7. The number of benzene rings is 1. The molecule has 1 aliphatic rings. The normalized spacial score (nSPS) is 17.1. The van der Waals surface area contributed by atoms with E-state index >= 15 is 0 Å². The van der Waals surface area contributed by atoms with E-state index in [0.717, 1.165) is 53.8 Å². The number of carbonyl (C=O) groups is 4. The van der Waals surface area contributed by atoms with E-state index in [2.05, 4.69) is 20.9 Å². The Kier molecular flexibility index (Phi) is 14.4. The van der Waals surface area contributed by atoms with E-state index in [1.165, 1.54) is 4.90 Å². The Hall–Kier alpha value is -3.51. The maximum Gasteiger partial charge on any atom is 0.407 e. The Morgan fingerprint density at radius 2 is 1.62 bits per heavy atom. The van der Waals surface area contributed by atoms with Gasteiger partial charge in [0.15, 0.2) is 0 Å². The zero-order valence-corrected chi connectivity index (χ0v) is 30.5. The van der Waals surface area contributed by atoms with Crippen LogP contribution in [0.3, 0.4) is 0 Å². The van der Waals surface area contributed by atoms with Gasteiger partial charge in [-0.15, -0.1) is 11.3 Å². The molecule has 1 aromatic carbocycles. The van der Waals surface area contributed by atoms with Crippen molar-refractivity contribution in [3.05, 3.63) is 41.0 Å². The first-order chi connectivity index (χ1) is 22.5. The lowest BCUT2D eigenvalue weighted by molar-refractivity contribution is -0.144. The highest BCUT2D eigenvalue weighted by Gasteiger charge is 2.44. The van der Waals surface area contributed by atoms with Crippen LogP contribution < -0.4 is 16.0 Å². The second-order valence-corrected chi connectivity index (χ2v) is 15.6. The molecule has 0 bridgehead atoms. The lowest BCUT2D eigenvalue weighted by atomic mass is 9.85. The van der Waals surface area contributed by atoms with Gasteiger partial charge >= 0.3 is 6.09 Å². The van der Waals surface area contributed by atoms with E-state index < -0.39 is 35.3 Å². The molecule has 1 aliphatic heterocycles. The van der Waals surface area contributed by atoms with Gasteiger partial charge < -0.3 is 30.7 Å². The highest BCUT2D eigenvalue weighted by molar-refractivity contribution is 7.13. The molecule has 3 rings (SSSR count). The van der Waals surface area contributed by atoms with Crippen molar-refractivity contribution in [1.29, 1.82) is 0 Å². The first kappa shape index (κ1) is 38.9. The Morgan fingerprint density at radius 3 is 2.23 bits per heavy atom. The van der Waals surface area contributed by atoms with Crippen molar-refractivity contribution in [1.82, 2.24) is 25.8 Å². The van der Waals surface area contributed by atoms with Gasteiger partial charge in [-0.25, -0.2) is 9.78 Å². The molecule has 0 unspecified atom stereocenters. The quantitative estimate of drug-likeness (QED) is 0.181. The highest BCUT2D eigenvalue weighted by Crippen LogP contribution is 2.28. The third-order valence-corrected chi connectivity index (χ3v) is 9.19. The van der Waals surface area contributed by atoms with Gasteiger partial charge in [0.25, 0.3) is 0 Å². The van der Waals surface area contributed by atoms with Gasteiger partial charge in [-0.2, -0.15) is 0 Å². The molecule has 2 aromatic rings. The molecule has 0 saturated carbocycles. The molecule has 4 amide bonds. The molecule has 0 radical (unpaired) electrons. The summed E-state index contributed by atoms with van der Waals surface area (Å²) in [7, 11) is 0. The standard InChI is InChI=1S/C36H55N5O6S/c1-24-30(48-23-39-24)26-17-15-25(16-18-26)21-38-32(44)28-20-27(42)22-41(28)33(45)31(35(2,3)4)40-29(43)14-12-10-8-9-11-13-19-37-34(46)47-36(5,6)7/h15-18,23,27-28,31,42H,8-14,19-22H2,1-7H3,(H,37,46)(H,38,44)(H,40,43)/t27-,28+,31-/m1/s1. The van der Waals surface area contributed by atoms with Crippen LogP contribution in [-0.4, -0.2) is 75.7 Å². The number of hydrogen-bond donors (Lipinski definition) is 4. The zero-order valence-electron chi connectivity index (χ0n) is 29.7. The minimum absolute atomic E-state index is 0.0373. The molecular formula is C36H55N5O6S. The maximum atomic E-state index is 13.8. The van der Waals surface area contributed by atoms with Crippen LogP contribution in [0.1, 0.15) is 104 Å². The number of nitrogens with one attached hydrogen (secondary N) is 3. The highest BCUT2D eigenvalue weighted by atomic mass is 32.1. The summed E-state index contributed by atoms with van der Waals surface area (Å²) >= 11 is 1.58. The van der Waals surface area contributed by atoms with E-state index in [-0.39, 0.29) is 37.2 Å².